The lowest BCUT2D eigenvalue weighted by atomic mass is 9.97. The van der Waals surface area contributed by atoms with Gasteiger partial charge in [0, 0.05) is 12.3 Å². The molecule has 0 fully saturated rings. The van der Waals surface area contributed by atoms with Crippen LogP contribution < -0.4 is 5.32 Å². The van der Waals surface area contributed by atoms with Crippen molar-refractivity contribution in [2.45, 2.75) is 12.7 Å². The molecule has 136 valence electrons. The molecule has 7 heteroatoms. The van der Waals surface area contributed by atoms with Crippen molar-refractivity contribution in [1.82, 2.24) is 0 Å². The quantitative estimate of drug-likeness (QED) is 0.788. The summed E-state index contributed by atoms with van der Waals surface area (Å²) in [6.45, 7) is 2.38. The number of halogens is 3. The molecule has 0 saturated carbocycles. The number of aliphatic imine (C=N–C) groups is 1. The summed E-state index contributed by atoms with van der Waals surface area (Å²) >= 11 is 1.46. The molecule has 1 aliphatic rings. The number of rotatable bonds is 4. The van der Waals surface area contributed by atoms with Gasteiger partial charge in [-0.1, -0.05) is 37.3 Å². The highest BCUT2D eigenvalue weighted by Gasteiger charge is 2.35. The first-order valence-electron chi connectivity index (χ1n) is 8.12. The minimum atomic E-state index is -1.60. The number of carbonyl (C=O) groups excluding carboxylic acids is 1. The Labute approximate surface area is 153 Å². The predicted octanol–water partition coefficient (Wildman–Crippen LogP) is 4.64. The van der Waals surface area contributed by atoms with Crippen LogP contribution >= 0.6 is 11.8 Å². The topological polar surface area (TPSA) is 41.5 Å². The summed E-state index contributed by atoms with van der Waals surface area (Å²) in [5.74, 6) is -4.71. The van der Waals surface area contributed by atoms with Crippen molar-refractivity contribution in [3.8, 4) is 0 Å². The highest BCUT2D eigenvalue weighted by Crippen LogP contribution is 2.31. The van der Waals surface area contributed by atoms with E-state index in [0.717, 1.165) is 17.7 Å². The Morgan fingerprint density at radius 2 is 1.88 bits per heavy atom. The van der Waals surface area contributed by atoms with Gasteiger partial charge in [0.2, 0.25) is 5.91 Å². The standard InChI is InChI=1S/C19H17F3N2OS/c1-11-9-23-19(26-10-12-5-3-2-4-6-12)15(11)18(25)24-14-8-7-13(20)16(21)17(14)22/h2-8,11,15H,9-10H2,1H3,(H,24,25). The fourth-order valence-electron chi connectivity index (χ4n) is 2.75. The molecular formula is C19H17F3N2OS. The number of hydrogen-bond donors (Lipinski definition) is 1. The van der Waals surface area contributed by atoms with Crippen LogP contribution in [-0.2, 0) is 10.5 Å². The van der Waals surface area contributed by atoms with Gasteiger partial charge < -0.3 is 5.32 Å². The first-order valence-corrected chi connectivity index (χ1v) is 9.11. The molecule has 0 saturated heterocycles. The fourth-order valence-corrected chi connectivity index (χ4v) is 3.94. The third kappa shape index (κ3) is 3.93. The van der Waals surface area contributed by atoms with E-state index in [9.17, 15) is 18.0 Å². The summed E-state index contributed by atoms with van der Waals surface area (Å²) < 4.78 is 40.2. The molecular weight excluding hydrogens is 361 g/mol. The zero-order chi connectivity index (χ0) is 18.7. The maximum absolute atomic E-state index is 13.8. The Morgan fingerprint density at radius 1 is 1.15 bits per heavy atom. The molecule has 26 heavy (non-hydrogen) atoms. The molecule has 2 unspecified atom stereocenters. The summed E-state index contributed by atoms with van der Waals surface area (Å²) in [7, 11) is 0. The lowest BCUT2D eigenvalue weighted by molar-refractivity contribution is -0.118. The summed E-state index contributed by atoms with van der Waals surface area (Å²) in [6.07, 6.45) is 0. The maximum Gasteiger partial charge on any atom is 0.234 e. The summed E-state index contributed by atoms with van der Waals surface area (Å²) in [6, 6.07) is 11.6. The van der Waals surface area contributed by atoms with Gasteiger partial charge in [-0.25, -0.2) is 13.2 Å². The zero-order valence-corrected chi connectivity index (χ0v) is 14.8. The molecule has 1 heterocycles. The Hall–Kier alpha value is -2.28. The summed E-state index contributed by atoms with van der Waals surface area (Å²) in [5, 5.41) is 3.03. The molecule has 2 aromatic rings. The molecule has 0 aromatic heterocycles. The highest BCUT2D eigenvalue weighted by molar-refractivity contribution is 8.13. The monoisotopic (exact) mass is 378 g/mol. The lowest BCUT2D eigenvalue weighted by Crippen LogP contribution is -2.31. The Morgan fingerprint density at radius 3 is 2.62 bits per heavy atom. The van der Waals surface area contributed by atoms with E-state index in [2.05, 4.69) is 10.3 Å². The third-order valence-electron chi connectivity index (χ3n) is 4.18. The van der Waals surface area contributed by atoms with Crippen LogP contribution in [0.2, 0.25) is 0 Å². The van der Waals surface area contributed by atoms with Crippen molar-refractivity contribution in [3.05, 3.63) is 65.5 Å². The minimum Gasteiger partial charge on any atom is -0.323 e. The van der Waals surface area contributed by atoms with Crippen molar-refractivity contribution in [2.75, 3.05) is 11.9 Å². The highest BCUT2D eigenvalue weighted by atomic mass is 32.2. The van der Waals surface area contributed by atoms with Crippen LogP contribution in [0.25, 0.3) is 0 Å². The van der Waals surface area contributed by atoms with Gasteiger partial charge in [-0.2, -0.15) is 0 Å². The molecule has 2 atom stereocenters. The van der Waals surface area contributed by atoms with E-state index in [-0.39, 0.29) is 11.6 Å². The first kappa shape index (κ1) is 18.5. The molecule has 0 spiro atoms. The van der Waals surface area contributed by atoms with E-state index >= 15 is 0 Å². The van der Waals surface area contributed by atoms with Crippen molar-refractivity contribution < 1.29 is 18.0 Å². The normalized spacial score (nSPS) is 19.3. The summed E-state index contributed by atoms with van der Waals surface area (Å²) in [4.78, 5) is 17.0. The zero-order valence-electron chi connectivity index (χ0n) is 14.0. The molecule has 2 aromatic carbocycles. The van der Waals surface area contributed by atoms with Crippen LogP contribution in [0, 0.1) is 29.3 Å². The van der Waals surface area contributed by atoms with E-state index in [0.29, 0.717) is 17.3 Å². The van der Waals surface area contributed by atoms with E-state index in [4.69, 9.17) is 0 Å². The van der Waals surface area contributed by atoms with E-state index in [1.807, 2.05) is 37.3 Å². The van der Waals surface area contributed by atoms with Gasteiger partial charge in [0.15, 0.2) is 17.5 Å². The maximum atomic E-state index is 13.8. The van der Waals surface area contributed by atoms with Crippen molar-refractivity contribution in [1.29, 1.82) is 0 Å². The number of nitrogens with zero attached hydrogens (tertiary/aromatic N) is 1. The molecule has 1 amide bonds. The van der Waals surface area contributed by atoms with Crippen LogP contribution in [0.4, 0.5) is 18.9 Å². The minimum absolute atomic E-state index is 0.0540. The van der Waals surface area contributed by atoms with Gasteiger partial charge in [-0.3, -0.25) is 9.79 Å². The third-order valence-corrected chi connectivity index (χ3v) is 5.33. The SMILES string of the molecule is CC1CN=C(SCc2ccccc2)C1C(=O)Nc1ccc(F)c(F)c1F. The number of amides is 1. The van der Waals surface area contributed by atoms with Crippen LogP contribution in [0.15, 0.2) is 47.5 Å². The van der Waals surface area contributed by atoms with Crippen LogP contribution in [0.5, 0.6) is 0 Å². The number of anilines is 1. The predicted molar refractivity (Wildman–Crippen MR) is 97.6 cm³/mol. The number of carbonyl (C=O) groups is 1. The van der Waals surface area contributed by atoms with Crippen LogP contribution in [0.3, 0.4) is 0 Å². The van der Waals surface area contributed by atoms with Crippen molar-refractivity contribution in [2.24, 2.45) is 16.8 Å². The average molecular weight is 378 g/mol. The molecule has 1 aliphatic heterocycles. The van der Waals surface area contributed by atoms with Crippen LogP contribution in [0.1, 0.15) is 12.5 Å². The smallest absolute Gasteiger partial charge is 0.234 e. The largest absolute Gasteiger partial charge is 0.323 e. The number of benzene rings is 2. The van der Waals surface area contributed by atoms with Gasteiger partial charge in [-0.05, 0) is 23.6 Å². The molecule has 3 nitrogen and oxygen atoms in total. The lowest BCUT2D eigenvalue weighted by Gasteiger charge is -2.18. The molecule has 0 aliphatic carbocycles. The van der Waals surface area contributed by atoms with Gasteiger partial charge in [0.1, 0.15) is 0 Å². The molecule has 1 N–H and O–H groups in total. The number of thioether (sulfide) groups is 1. The van der Waals surface area contributed by atoms with E-state index in [1.165, 1.54) is 11.8 Å². The second-order valence-electron chi connectivity index (χ2n) is 6.12. The van der Waals surface area contributed by atoms with E-state index < -0.39 is 29.3 Å². The summed E-state index contributed by atoms with van der Waals surface area (Å²) in [5.41, 5.74) is 0.728. The van der Waals surface area contributed by atoms with Gasteiger partial charge >= 0.3 is 0 Å². The average Bonchev–Trinajstić information content (AvgIpc) is 3.02. The molecule has 0 bridgehead atoms. The van der Waals surface area contributed by atoms with Gasteiger partial charge in [-0.15, -0.1) is 11.8 Å². The van der Waals surface area contributed by atoms with Crippen molar-refractivity contribution >= 4 is 28.4 Å². The van der Waals surface area contributed by atoms with Crippen LogP contribution in [-0.4, -0.2) is 17.5 Å². The Kier molecular flexibility index (Phi) is 5.66. The van der Waals surface area contributed by atoms with Crippen molar-refractivity contribution in [3.63, 3.8) is 0 Å². The van der Waals surface area contributed by atoms with Gasteiger partial charge in [0.05, 0.1) is 16.6 Å². The van der Waals surface area contributed by atoms with E-state index in [1.54, 1.807) is 0 Å². The second-order valence-corrected chi connectivity index (χ2v) is 7.12. The fraction of sp³-hybridized carbons (Fsp3) is 0.263. The number of nitrogens with one attached hydrogen (secondary N) is 1. The molecule has 0 radical (unpaired) electrons. The molecule has 3 rings (SSSR count). The second kappa shape index (κ2) is 7.95. The Bertz CT molecular complexity index is 842. The van der Waals surface area contributed by atoms with Gasteiger partial charge in [0.25, 0.3) is 0 Å². The Balaban J connectivity index is 1.71. The number of hydrogen-bond acceptors (Lipinski definition) is 3. The first-order chi connectivity index (χ1) is 12.5.